The fraction of sp³-hybridized carbons (Fsp3) is 0.364. The maximum absolute atomic E-state index is 11.6. The highest BCUT2D eigenvalue weighted by Crippen LogP contribution is 2.24. The van der Waals surface area contributed by atoms with Crippen molar-refractivity contribution in [2.45, 2.75) is 25.4 Å². The average Bonchev–Trinajstić information content (AvgIpc) is 2.29. The van der Waals surface area contributed by atoms with Crippen LogP contribution in [0.3, 0.4) is 0 Å². The minimum atomic E-state index is -0.336. The third kappa shape index (κ3) is 2.09. The van der Waals surface area contributed by atoms with Crippen molar-refractivity contribution in [3.05, 3.63) is 29.6 Å². The monoisotopic (exact) mass is 220 g/mol. The van der Waals surface area contributed by atoms with Gasteiger partial charge in [-0.2, -0.15) is 0 Å². The molecule has 2 rings (SSSR count). The first-order chi connectivity index (χ1) is 7.70. The minimum absolute atomic E-state index is 0.103. The Morgan fingerprint density at radius 2 is 2.25 bits per heavy atom. The van der Waals surface area contributed by atoms with E-state index in [1.54, 1.807) is 18.5 Å². The fourth-order valence-electron chi connectivity index (χ4n) is 1.80. The largest absolute Gasteiger partial charge is 0.392 e. The molecule has 5 heteroatoms. The van der Waals surface area contributed by atoms with E-state index in [-0.39, 0.29) is 24.3 Å². The molecular weight excluding hydrogens is 208 g/mol. The highest BCUT2D eigenvalue weighted by atomic mass is 16.3. The summed E-state index contributed by atoms with van der Waals surface area (Å²) in [5, 5.41) is 11.3. The molecule has 2 amide bonds. The van der Waals surface area contributed by atoms with Crippen LogP contribution in [0.25, 0.3) is 0 Å². The molecule has 1 aromatic heterocycles. The van der Waals surface area contributed by atoms with Gasteiger partial charge < -0.3 is 5.11 Å². The Morgan fingerprint density at radius 1 is 1.44 bits per heavy atom. The van der Waals surface area contributed by atoms with Crippen LogP contribution in [-0.2, 0) is 16.2 Å². The topological polar surface area (TPSA) is 79.3 Å². The molecule has 1 fully saturated rings. The van der Waals surface area contributed by atoms with Crippen LogP contribution in [0.2, 0.25) is 0 Å². The van der Waals surface area contributed by atoms with Crippen molar-refractivity contribution in [3.63, 3.8) is 0 Å². The van der Waals surface area contributed by atoms with Gasteiger partial charge in [0.05, 0.1) is 12.5 Å². The number of amides is 2. The molecule has 0 saturated carbocycles. The summed E-state index contributed by atoms with van der Waals surface area (Å²) in [5.41, 5.74) is 1.42. The molecule has 1 atom stereocenters. The van der Waals surface area contributed by atoms with Crippen molar-refractivity contribution in [2.75, 3.05) is 0 Å². The van der Waals surface area contributed by atoms with Crippen LogP contribution in [0.1, 0.15) is 29.9 Å². The van der Waals surface area contributed by atoms with E-state index in [9.17, 15) is 9.59 Å². The van der Waals surface area contributed by atoms with E-state index in [1.807, 2.05) is 0 Å². The van der Waals surface area contributed by atoms with Crippen molar-refractivity contribution >= 4 is 11.8 Å². The van der Waals surface area contributed by atoms with Crippen LogP contribution < -0.4 is 5.32 Å². The standard InChI is InChI=1S/C11H12N2O3/c14-6-7-3-8(5-12-4-7)9-1-2-10(15)13-11(9)16/h3-5,9,14H,1-2,6H2,(H,13,15,16). The molecule has 16 heavy (non-hydrogen) atoms. The van der Waals surface area contributed by atoms with Gasteiger partial charge in [-0.1, -0.05) is 0 Å². The average molecular weight is 220 g/mol. The number of imide groups is 1. The van der Waals surface area contributed by atoms with Gasteiger partial charge in [-0.3, -0.25) is 19.9 Å². The van der Waals surface area contributed by atoms with Crippen LogP contribution in [-0.4, -0.2) is 21.9 Å². The molecule has 84 valence electrons. The highest BCUT2D eigenvalue weighted by Gasteiger charge is 2.28. The van der Waals surface area contributed by atoms with Crippen LogP contribution in [0.15, 0.2) is 18.5 Å². The van der Waals surface area contributed by atoms with E-state index >= 15 is 0 Å². The van der Waals surface area contributed by atoms with E-state index in [2.05, 4.69) is 10.3 Å². The van der Waals surface area contributed by atoms with E-state index < -0.39 is 0 Å². The van der Waals surface area contributed by atoms with Gasteiger partial charge in [0.15, 0.2) is 0 Å². The van der Waals surface area contributed by atoms with Crippen molar-refractivity contribution < 1.29 is 14.7 Å². The number of carbonyl (C=O) groups excluding carboxylic acids is 2. The maximum Gasteiger partial charge on any atom is 0.234 e. The number of hydrogen-bond donors (Lipinski definition) is 2. The normalized spacial score (nSPS) is 20.7. The fourth-order valence-corrected chi connectivity index (χ4v) is 1.80. The third-order valence-electron chi connectivity index (χ3n) is 2.64. The first-order valence-electron chi connectivity index (χ1n) is 5.09. The number of hydrogen-bond acceptors (Lipinski definition) is 4. The maximum atomic E-state index is 11.6. The molecule has 1 aliphatic rings. The molecular formula is C11H12N2O3. The summed E-state index contributed by atoms with van der Waals surface area (Å²) in [6.45, 7) is -0.103. The van der Waals surface area contributed by atoms with Crippen molar-refractivity contribution in [1.82, 2.24) is 10.3 Å². The van der Waals surface area contributed by atoms with Crippen molar-refractivity contribution in [3.8, 4) is 0 Å². The van der Waals surface area contributed by atoms with Gasteiger partial charge in [0, 0.05) is 18.8 Å². The zero-order valence-corrected chi connectivity index (χ0v) is 8.64. The van der Waals surface area contributed by atoms with Gasteiger partial charge in [-0.05, 0) is 23.6 Å². The number of aliphatic hydroxyl groups is 1. The Balaban J connectivity index is 2.23. The number of piperidine rings is 1. The van der Waals surface area contributed by atoms with Gasteiger partial charge >= 0.3 is 0 Å². The number of carbonyl (C=O) groups is 2. The zero-order chi connectivity index (χ0) is 11.5. The lowest BCUT2D eigenvalue weighted by atomic mass is 9.91. The molecule has 0 aliphatic carbocycles. The molecule has 1 aliphatic heterocycles. The number of nitrogens with one attached hydrogen (secondary N) is 1. The lowest BCUT2D eigenvalue weighted by molar-refractivity contribution is -0.134. The quantitative estimate of drug-likeness (QED) is 0.692. The second-order valence-electron chi connectivity index (χ2n) is 3.79. The predicted molar refractivity (Wildman–Crippen MR) is 55.3 cm³/mol. The van der Waals surface area contributed by atoms with Gasteiger partial charge in [0.1, 0.15) is 0 Å². The minimum Gasteiger partial charge on any atom is -0.392 e. The summed E-state index contributed by atoms with van der Waals surface area (Å²) in [5.74, 6) is -0.850. The summed E-state index contributed by atoms with van der Waals surface area (Å²) in [7, 11) is 0. The Hall–Kier alpha value is -1.75. The Kier molecular flexibility index (Phi) is 2.96. The van der Waals surface area contributed by atoms with E-state index in [1.165, 1.54) is 0 Å². The molecule has 0 bridgehead atoms. The number of aromatic nitrogens is 1. The second-order valence-corrected chi connectivity index (χ2v) is 3.79. The molecule has 2 heterocycles. The van der Waals surface area contributed by atoms with E-state index in [0.717, 1.165) is 5.56 Å². The molecule has 0 radical (unpaired) electrons. The van der Waals surface area contributed by atoms with Crippen molar-refractivity contribution in [2.24, 2.45) is 0 Å². The van der Waals surface area contributed by atoms with Gasteiger partial charge in [-0.15, -0.1) is 0 Å². The van der Waals surface area contributed by atoms with Gasteiger partial charge in [0.25, 0.3) is 0 Å². The molecule has 0 aromatic carbocycles. The molecule has 1 saturated heterocycles. The lowest BCUT2D eigenvalue weighted by Gasteiger charge is -2.20. The van der Waals surface area contributed by atoms with Gasteiger partial charge in [0.2, 0.25) is 11.8 Å². The van der Waals surface area contributed by atoms with Crippen LogP contribution in [0.4, 0.5) is 0 Å². The molecule has 5 nitrogen and oxygen atoms in total. The van der Waals surface area contributed by atoms with Crippen molar-refractivity contribution in [1.29, 1.82) is 0 Å². The molecule has 0 spiro atoms. The van der Waals surface area contributed by atoms with Crippen LogP contribution in [0, 0.1) is 0 Å². The van der Waals surface area contributed by atoms with E-state index in [4.69, 9.17) is 5.11 Å². The third-order valence-corrected chi connectivity index (χ3v) is 2.64. The number of nitrogens with zero attached hydrogens (tertiary/aromatic N) is 1. The van der Waals surface area contributed by atoms with Gasteiger partial charge in [-0.25, -0.2) is 0 Å². The number of rotatable bonds is 2. The second kappa shape index (κ2) is 4.40. The summed E-state index contributed by atoms with van der Waals surface area (Å²) < 4.78 is 0. The first-order valence-corrected chi connectivity index (χ1v) is 5.09. The first kappa shape index (κ1) is 10.8. The predicted octanol–water partition coefficient (Wildman–Crippen LogP) is 0.0941. The Labute approximate surface area is 92.5 Å². The SMILES string of the molecule is O=C1CCC(c2cncc(CO)c2)C(=O)N1. The summed E-state index contributed by atoms with van der Waals surface area (Å²) in [4.78, 5) is 26.5. The number of pyridine rings is 1. The van der Waals surface area contributed by atoms with Crippen LogP contribution in [0.5, 0.6) is 0 Å². The summed E-state index contributed by atoms with van der Waals surface area (Å²) in [6.07, 6.45) is 4.00. The Morgan fingerprint density at radius 3 is 2.94 bits per heavy atom. The smallest absolute Gasteiger partial charge is 0.234 e. The summed E-state index contributed by atoms with van der Waals surface area (Å²) >= 11 is 0. The summed E-state index contributed by atoms with van der Waals surface area (Å²) in [6, 6.07) is 1.74. The van der Waals surface area contributed by atoms with E-state index in [0.29, 0.717) is 18.4 Å². The molecule has 2 N–H and O–H groups in total. The molecule has 1 unspecified atom stereocenters. The zero-order valence-electron chi connectivity index (χ0n) is 8.64. The highest BCUT2D eigenvalue weighted by molar-refractivity contribution is 6.00. The lowest BCUT2D eigenvalue weighted by Crippen LogP contribution is -2.39. The molecule has 1 aromatic rings. The van der Waals surface area contributed by atoms with Crippen LogP contribution >= 0.6 is 0 Å². The number of aliphatic hydroxyl groups excluding tert-OH is 1. The Bertz CT molecular complexity index is 431.